The van der Waals surface area contributed by atoms with E-state index in [1.807, 2.05) is 26.0 Å². The standard InChI is InChI=1S/C21H21BClN5O4S2/c1-33(29,30)14-6-8-15(9-7-14)34(31,32)26-11-10-24-20-12-19(16-4-2-3-5-18(16)23)27-21-17(22)13-25-28(20)21/h2-9,12-13,24,26H,10-11,22H2,1H3. The van der Waals surface area contributed by atoms with Gasteiger partial charge in [0, 0.05) is 42.2 Å². The van der Waals surface area contributed by atoms with Gasteiger partial charge in [-0.1, -0.05) is 29.8 Å². The molecular weight excluding hydrogens is 497 g/mol. The van der Waals surface area contributed by atoms with E-state index in [0.717, 1.165) is 17.3 Å². The number of nitrogens with one attached hydrogen (secondary N) is 2. The molecule has 0 atom stereocenters. The van der Waals surface area contributed by atoms with Crippen molar-refractivity contribution >= 4 is 56.2 Å². The highest BCUT2D eigenvalue weighted by Gasteiger charge is 2.16. The van der Waals surface area contributed by atoms with Crippen LogP contribution in [0.2, 0.25) is 5.02 Å². The van der Waals surface area contributed by atoms with Crippen molar-refractivity contribution in [3.8, 4) is 11.3 Å². The van der Waals surface area contributed by atoms with Gasteiger partial charge in [0.25, 0.3) is 0 Å². The molecule has 4 rings (SSSR count). The van der Waals surface area contributed by atoms with E-state index in [0.29, 0.717) is 22.2 Å². The Kier molecular flexibility index (Phi) is 6.68. The van der Waals surface area contributed by atoms with Crippen LogP contribution in [0.15, 0.2) is 70.6 Å². The summed E-state index contributed by atoms with van der Waals surface area (Å²) in [5.41, 5.74) is 2.98. The summed E-state index contributed by atoms with van der Waals surface area (Å²) in [5, 5.41) is 8.11. The Hall–Kier alpha value is -2.93. The molecule has 0 saturated carbocycles. The van der Waals surface area contributed by atoms with E-state index in [1.165, 1.54) is 24.3 Å². The minimum Gasteiger partial charge on any atom is -0.369 e. The number of hydrogen-bond acceptors (Lipinski definition) is 7. The van der Waals surface area contributed by atoms with Gasteiger partial charge in [-0.15, -0.1) is 0 Å². The highest BCUT2D eigenvalue weighted by Crippen LogP contribution is 2.28. The fourth-order valence-corrected chi connectivity index (χ4v) is 5.23. The first-order valence-corrected chi connectivity index (χ1v) is 14.0. The summed E-state index contributed by atoms with van der Waals surface area (Å²) < 4.78 is 52.4. The summed E-state index contributed by atoms with van der Waals surface area (Å²) >= 11 is 6.35. The third-order valence-electron chi connectivity index (χ3n) is 5.08. The number of fused-ring (bicyclic) bond motifs is 1. The van der Waals surface area contributed by atoms with E-state index >= 15 is 0 Å². The van der Waals surface area contributed by atoms with Crippen molar-refractivity contribution in [2.75, 3.05) is 24.7 Å². The second-order valence-corrected chi connectivity index (χ2v) is 11.8. The lowest BCUT2D eigenvalue weighted by Crippen LogP contribution is -2.29. The first kappa shape index (κ1) is 24.2. The van der Waals surface area contributed by atoms with Crippen molar-refractivity contribution in [1.82, 2.24) is 19.3 Å². The average Bonchev–Trinajstić information content (AvgIpc) is 3.17. The molecule has 9 nitrogen and oxygen atoms in total. The number of halogens is 1. The van der Waals surface area contributed by atoms with Gasteiger partial charge in [-0.25, -0.2) is 26.5 Å². The number of anilines is 1. The molecule has 2 aromatic heterocycles. The maximum atomic E-state index is 12.6. The maximum Gasteiger partial charge on any atom is 0.240 e. The quantitative estimate of drug-likeness (QED) is 0.265. The minimum absolute atomic E-state index is 0.0186. The number of rotatable bonds is 8. The lowest BCUT2D eigenvalue weighted by atomic mass is 10.0. The Morgan fingerprint density at radius 2 is 1.68 bits per heavy atom. The zero-order valence-corrected chi connectivity index (χ0v) is 20.7. The largest absolute Gasteiger partial charge is 0.369 e. The molecule has 0 unspecified atom stereocenters. The summed E-state index contributed by atoms with van der Waals surface area (Å²) in [5.74, 6) is 0.629. The number of hydrogen-bond donors (Lipinski definition) is 2. The van der Waals surface area contributed by atoms with Crippen LogP contribution in [0.4, 0.5) is 5.82 Å². The van der Waals surface area contributed by atoms with Gasteiger partial charge in [0.05, 0.1) is 15.5 Å². The van der Waals surface area contributed by atoms with Gasteiger partial charge in [0.1, 0.15) is 13.7 Å². The molecule has 176 valence electrons. The van der Waals surface area contributed by atoms with E-state index in [-0.39, 0.29) is 22.9 Å². The molecular formula is C21H21BClN5O4S2. The third kappa shape index (κ3) is 5.09. The molecule has 0 spiro atoms. The minimum atomic E-state index is -3.81. The number of benzene rings is 2. The van der Waals surface area contributed by atoms with Crippen molar-refractivity contribution in [3.63, 3.8) is 0 Å². The normalized spacial score (nSPS) is 12.2. The van der Waals surface area contributed by atoms with Gasteiger partial charge in [-0.2, -0.15) is 9.61 Å². The van der Waals surface area contributed by atoms with Crippen molar-refractivity contribution < 1.29 is 16.8 Å². The van der Waals surface area contributed by atoms with Gasteiger partial charge >= 0.3 is 0 Å². The third-order valence-corrected chi connectivity index (χ3v) is 8.02. The predicted molar refractivity (Wildman–Crippen MR) is 135 cm³/mol. The lowest BCUT2D eigenvalue weighted by Gasteiger charge is -2.12. The van der Waals surface area contributed by atoms with Gasteiger partial charge < -0.3 is 5.32 Å². The van der Waals surface area contributed by atoms with Crippen LogP contribution in [0.3, 0.4) is 0 Å². The predicted octanol–water partition coefficient (Wildman–Crippen LogP) is 1.10. The summed E-state index contributed by atoms with van der Waals surface area (Å²) in [6.07, 6.45) is 2.77. The molecule has 34 heavy (non-hydrogen) atoms. The summed E-state index contributed by atoms with van der Waals surface area (Å²) in [4.78, 5) is 4.72. The van der Waals surface area contributed by atoms with E-state index in [2.05, 4.69) is 20.1 Å². The van der Waals surface area contributed by atoms with E-state index in [9.17, 15) is 16.8 Å². The van der Waals surface area contributed by atoms with Crippen molar-refractivity contribution in [2.24, 2.45) is 0 Å². The Morgan fingerprint density at radius 3 is 2.35 bits per heavy atom. The zero-order valence-electron chi connectivity index (χ0n) is 18.4. The van der Waals surface area contributed by atoms with Crippen molar-refractivity contribution in [2.45, 2.75) is 9.79 Å². The molecule has 2 N–H and O–H groups in total. The average molecular weight is 518 g/mol. The zero-order chi connectivity index (χ0) is 24.5. The monoisotopic (exact) mass is 517 g/mol. The van der Waals surface area contributed by atoms with Crippen LogP contribution in [0, 0.1) is 0 Å². The van der Waals surface area contributed by atoms with Crippen LogP contribution in [0.5, 0.6) is 0 Å². The molecule has 0 fully saturated rings. The topological polar surface area (TPSA) is 123 Å². The molecule has 2 aromatic carbocycles. The molecule has 0 amide bonds. The van der Waals surface area contributed by atoms with Gasteiger partial charge in [-0.05, 0) is 35.8 Å². The lowest BCUT2D eigenvalue weighted by molar-refractivity contribution is 0.582. The Bertz CT molecular complexity index is 1570. The Labute approximate surface area is 203 Å². The van der Waals surface area contributed by atoms with Crippen LogP contribution in [-0.2, 0) is 19.9 Å². The number of sulfone groups is 1. The summed E-state index contributed by atoms with van der Waals surface area (Å²) in [6, 6.07) is 14.3. The van der Waals surface area contributed by atoms with E-state index < -0.39 is 19.9 Å². The van der Waals surface area contributed by atoms with Crippen LogP contribution in [0.25, 0.3) is 16.9 Å². The fraction of sp³-hybridized carbons (Fsp3) is 0.143. The Balaban J connectivity index is 1.50. The van der Waals surface area contributed by atoms with Crippen molar-refractivity contribution in [3.05, 3.63) is 65.8 Å². The highest BCUT2D eigenvalue weighted by atomic mass is 35.5. The summed E-state index contributed by atoms with van der Waals surface area (Å²) in [7, 11) is -5.31. The molecule has 0 aliphatic rings. The molecule has 0 aliphatic heterocycles. The second-order valence-electron chi connectivity index (χ2n) is 7.64. The van der Waals surface area contributed by atoms with Crippen LogP contribution in [-0.4, -0.2) is 58.6 Å². The van der Waals surface area contributed by atoms with Crippen LogP contribution in [0.1, 0.15) is 0 Å². The molecule has 0 radical (unpaired) electrons. The molecule has 0 saturated heterocycles. The second kappa shape index (κ2) is 9.38. The molecule has 2 heterocycles. The molecule has 0 aliphatic carbocycles. The smallest absolute Gasteiger partial charge is 0.240 e. The first-order chi connectivity index (χ1) is 16.1. The van der Waals surface area contributed by atoms with Gasteiger partial charge in [-0.3, -0.25) is 0 Å². The number of nitrogens with zero attached hydrogens (tertiary/aromatic N) is 3. The van der Waals surface area contributed by atoms with Gasteiger partial charge in [0.2, 0.25) is 10.0 Å². The summed E-state index contributed by atoms with van der Waals surface area (Å²) in [6.45, 7) is 0.349. The fourth-order valence-electron chi connectivity index (χ4n) is 3.33. The molecule has 4 aromatic rings. The van der Waals surface area contributed by atoms with Crippen LogP contribution >= 0.6 is 11.6 Å². The number of aromatic nitrogens is 3. The maximum absolute atomic E-state index is 12.6. The molecule has 0 bridgehead atoms. The van der Waals surface area contributed by atoms with Crippen molar-refractivity contribution in [1.29, 1.82) is 0 Å². The SMILES string of the molecule is Bc1cnn2c(NCCNS(=O)(=O)c3ccc(S(C)(=O)=O)cc3)cc(-c3ccccc3Cl)nc12. The van der Waals surface area contributed by atoms with E-state index in [4.69, 9.17) is 11.6 Å². The van der Waals surface area contributed by atoms with Crippen LogP contribution < -0.4 is 15.5 Å². The first-order valence-electron chi connectivity index (χ1n) is 10.2. The molecule has 13 heteroatoms. The highest BCUT2D eigenvalue weighted by molar-refractivity contribution is 7.90. The Morgan fingerprint density at radius 1 is 1.00 bits per heavy atom. The van der Waals surface area contributed by atoms with Gasteiger partial charge in [0.15, 0.2) is 15.5 Å². The number of sulfonamides is 1. The van der Waals surface area contributed by atoms with E-state index in [1.54, 1.807) is 22.8 Å².